The summed E-state index contributed by atoms with van der Waals surface area (Å²) in [7, 11) is 3.93. The Labute approximate surface area is 88.6 Å². The third kappa shape index (κ3) is 3.29. The Morgan fingerprint density at radius 3 is 2.38 bits per heavy atom. The Kier molecular flexibility index (Phi) is 3.64. The average Bonchev–Trinajstić information content (AvgIpc) is 2.07. The van der Waals surface area contributed by atoms with E-state index >= 15 is 0 Å². The molecule has 0 spiro atoms. The Hall–Kier alpha value is -0.660. The van der Waals surface area contributed by atoms with Crippen LogP contribution in [-0.4, -0.2) is 19.0 Å². The molecule has 0 saturated heterocycles. The van der Waals surface area contributed by atoms with Gasteiger partial charge in [-0.05, 0) is 30.0 Å². The Bertz CT molecular complexity index is 319. The number of rotatable bonds is 2. The largest absolute Gasteiger partial charge is 0.383 e. The van der Waals surface area contributed by atoms with Crippen molar-refractivity contribution in [2.75, 3.05) is 14.1 Å². The third-order valence-corrected chi connectivity index (χ3v) is 2.25. The van der Waals surface area contributed by atoms with Crippen molar-refractivity contribution in [3.05, 3.63) is 40.0 Å². The molecule has 1 aromatic rings. The molecule has 0 aromatic heterocycles. The molecule has 0 heterocycles. The van der Waals surface area contributed by atoms with E-state index in [1.54, 1.807) is 6.07 Å². The first-order valence-corrected chi connectivity index (χ1v) is 4.65. The van der Waals surface area contributed by atoms with Gasteiger partial charge in [0, 0.05) is 14.1 Å². The van der Waals surface area contributed by atoms with Crippen LogP contribution < -0.4 is 0 Å². The second-order valence-electron chi connectivity index (χ2n) is 2.95. The average molecular weight is 216 g/mol. The van der Waals surface area contributed by atoms with Crippen LogP contribution in [0.5, 0.6) is 0 Å². The summed E-state index contributed by atoms with van der Waals surface area (Å²) >= 11 is 11.6. The first kappa shape index (κ1) is 10.4. The van der Waals surface area contributed by atoms with E-state index in [0.717, 1.165) is 5.56 Å². The summed E-state index contributed by atoms with van der Waals surface area (Å²) in [4.78, 5) is 1.96. The highest BCUT2D eigenvalue weighted by atomic mass is 35.5. The molecule has 0 bridgehead atoms. The maximum atomic E-state index is 5.85. The standard InChI is InChI=1S/C10H11Cl2N/c1-13(2)6-5-8-3-4-9(11)10(12)7-8/h3-7H,1-2H3/b6-5+. The summed E-state index contributed by atoms with van der Waals surface area (Å²) < 4.78 is 0. The molecule has 13 heavy (non-hydrogen) atoms. The van der Waals surface area contributed by atoms with Gasteiger partial charge in [0.15, 0.2) is 0 Å². The SMILES string of the molecule is CN(C)/C=C/c1ccc(Cl)c(Cl)c1. The number of hydrogen-bond donors (Lipinski definition) is 0. The Balaban J connectivity index is 2.85. The topological polar surface area (TPSA) is 3.24 Å². The lowest BCUT2D eigenvalue weighted by Gasteiger charge is -2.03. The fourth-order valence-electron chi connectivity index (χ4n) is 0.851. The van der Waals surface area contributed by atoms with Crippen LogP contribution in [0, 0.1) is 0 Å². The van der Waals surface area contributed by atoms with Crippen molar-refractivity contribution in [1.29, 1.82) is 0 Å². The van der Waals surface area contributed by atoms with Gasteiger partial charge in [-0.1, -0.05) is 29.3 Å². The minimum absolute atomic E-state index is 0.586. The van der Waals surface area contributed by atoms with Gasteiger partial charge in [-0.3, -0.25) is 0 Å². The van der Waals surface area contributed by atoms with Crippen molar-refractivity contribution in [2.24, 2.45) is 0 Å². The predicted octanol–water partition coefficient (Wildman–Crippen LogP) is 3.53. The van der Waals surface area contributed by atoms with Crippen molar-refractivity contribution in [3.63, 3.8) is 0 Å². The van der Waals surface area contributed by atoms with Gasteiger partial charge in [-0.15, -0.1) is 0 Å². The smallest absolute Gasteiger partial charge is 0.0598 e. The van der Waals surface area contributed by atoms with Crippen molar-refractivity contribution < 1.29 is 0 Å². The molecule has 0 N–H and O–H groups in total. The van der Waals surface area contributed by atoms with Gasteiger partial charge in [0.05, 0.1) is 10.0 Å². The molecule has 3 heteroatoms. The zero-order valence-corrected chi connectivity index (χ0v) is 9.10. The summed E-state index contributed by atoms with van der Waals surface area (Å²) in [6.45, 7) is 0. The molecule has 0 saturated carbocycles. The van der Waals surface area contributed by atoms with Gasteiger partial charge in [0.1, 0.15) is 0 Å². The van der Waals surface area contributed by atoms with Crippen molar-refractivity contribution >= 4 is 29.3 Å². The van der Waals surface area contributed by atoms with Crippen molar-refractivity contribution in [2.45, 2.75) is 0 Å². The lowest BCUT2D eigenvalue weighted by atomic mass is 10.2. The molecule has 0 aliphatic heterocycles. The lowest BCUT2D eigenvalue weighted by molar-refractivity contribution is 0.567. The number of hydrogen-bond acceptors (Lipinski definition) is 1. The first-order chi connectivity index (χ1) is 6.09. The van der Waals surface area contributed by atoms with Crippen LogP contribution >= 0.6 is 23.2 Å². The molecule has 0 fully saturated rings. The minimum Gasteiger partial charge on any atom is -0.383 e. The second kappa shape index (κ2) is 4.54. The van der Waals surface area contributed by atoms with E-state index in [1.165, 1.54) is 0 Å². The summed E-state index contributed by atoms with van der Waals surface area (Å²) in [6, 6.07) is 5.55. The van der Waals surface area contributed by atoms with E-state index in [9.17, 15) is 0 Å². The fraction of sp³-hybridized carbons (Fsp3) is 0.200. The van der Waals surface area contributed by atoms with Crippen molar-refractivity contribution in [3.8, 4) is 0 Å². The maximum absolute atomic E-state index is 5.85. The van der Waals surface area contributed by atoms with Crippen LogP contribution in [0.2, 0.25) is 10.0 Å². The summed E-state index contributed by atoms with van der Waals surface area (Å²) in [5, 5.41) is 1.17. The molecule has 1 aromatic carbocycles. The van der Waals surface area contributed by atoms with Gasteiger partial charge in [0.25, 0.3) is 0 Å². The van der Waals surface area contributed by atoms with Crippen LogP contribution in [0.3, 0.4) is 0 Å². The van der Waals surface area contributed by atoms with Gasteiger partial charge in [0.2, 0.25) is 0 Å². The fourth-order valence-corrected chi connectivity index (χ4v) is 1.16. The van der Waals surface area contributed by atoms with E-state index in [-0.39, 0.29) is 0 Å². The normalized spacial score (nSPS) is 10.8. The molecule has 0 aliphatic rings. The third-order valence-electron chi connectivity index (χ3n) is 1.51. The first-order valence-electron chi connectivity index (χ1n) is 3.89. The van der Waals surface area contributed by atoms with E-state index in [1.807, 2.05) is 43.4 Å². The van der Waals surface area contributed by atoms with E-state index in [0.29, 0.717) is 10.0 Å². The van der Waals surface area contributed by atoms with Gasteiger partial charge in [-0.2, -0.15) is 0 Å². The highest BCUT2D eigenvalue weighted by Gasteiger charge is 1.96. The Morgan fingerprint density at radius 1 is 1.15 bits per heavy atom. The quantitative estimate of drug-likeness (QED) is 0.730. The Morgan fingerprint density at radius 2 is 1.85 bits per heavy atom. The molecular formula is C10H11Cl2N. The van der Waals surface area contributed by atoms with Gasteiger partial charge < -0.3 is 4.90 Å². The molecule has 0 amide bonds. The molecule has 1 rings (SSSR count). The monoisotopic (exact) mass is 215 g/mol. The van der Waals surface area contributed by atoms with Crippen LogP contribution in [0.15, 0.2) is 24.4 Å². The highest BCUT2D eigenvalue weighted by molar-refractivity contribution is 6.42. The van der Waals surface area contributed by atoms with E-state index in [2.05, 4.69) is 0 Å². The lowest BCUT2D eigenvalue weighted by Crippen LogP contribution is -1.99. The van der Waals surface area contributed by atoms with Crippen LogP contribution in [0.1, 0.15) is 5.56 Å². The zero-order chi connectivity index (χ0) is 9.84. The van der Waals surface area contributed by atoms with Crippen LogP contribution in [0.25, 0.3) is 6.08 Å². The molecular weight excluding hydrogens is 205 g/mol. The van der Waals surface area contributed by atoms with Gasteiger partial charge >= 0.3 is 0 Å². The molecule has 1 nitrogen and oxygen atoms in total. The number of halogens is 2. The maximum Gasteiger partial charge on any atom is 0.0598 e. The number of nitrogens with zero attached hydrogens (tertiary/aromatic N) is 1. The van der Waals surface area contributed by atoms with E-state index < -0.39 is 0 Å². The molecule has 0 unspecified atom stereocenters. The minimum atomic E-state index is 0.586. The summed E-state index contributed by atoms with van der Waals surface area (Å²) in [5.74, 6) is 0. The van der Waals surface area contributed by atoms with Gasteiger partial charge in [-0.25, -0.2) is 0 Å². The van der Waals surface area contributed by atoms with Crippen LogP contribution in [0.4, 0.5) is 0 Å². The molecule has 0 radical (unpaired) electrons. The predicted molar refractivity (Wildman–Crippen MR) is 59.2 cm³/mol. The zero-order valence-electron chi connectivity index (χ0n) is 7.59. The molecule has 0 aliphatic carbocycles. The second-order valence-corrected chi connectivity index (χ2v) is 3.77. The molecule has 70 valence electrons. The summed E-state index contributed by atoms with van der Waals surface area (Å²) in [6.07, 6.45) is 3.93. The highest BCUT2D eigenvalue weighted by Crippen LogP contribution is 2.22. The van der Waals surface area contributed by atoms with E-state index in [4.69, 9.17) is 23.2 Å². The summed E-state index contributed by atoms with van der Waals surface area (Å²) in [5.41, 5.74) is 1.04. The van der Waals surface area contributed by atoms with Crippen molar-refractivity contribution in [1.82, 2.24) is 4.90 Å². The molecule has 0 atom stereocenters. The van der Waals surface area contributed by atoms with Crippen LogP contribution in [-0.2, 0) is 0 Å². The number of benzene rings is 1.